The van der Waals surface area contributed by atoms with Crippen LogP contribution >= 0.6 is 11.3 Å². The van der Waals surface area contributed by atoms with Crippen molar-refractivity contribution in [2.75, 3.05) is 0 Å². The third-order valence-electron chi connectivity index (χ3n) is 5.76. The van der Waals surface area contributed by atoms with Crippen molar-refractivity contribution in [2.45, 2.75) is 0 Å². The van der Waals surface area contributed by atoms with Gasteiger partial charge in [0.25, 0.3) is 0 Å². The monoisotopic (exact) mass is 413 g/mol. The van der Waals surface area contributed by atoms with Gasteiger partial charge < -0.3 is 0 Å². The summed E-state index contributed by atoms with van der Waals surface area (Å²) in [5.74, 6) is 0. The third kappa shape index (κ3) is 3.22. The molecule has 0 saturated carbocycles. The van der Waals surface area contributed by atoms with E-state index in [0.29, 0.717) is 0 Å². The van der Waals surface area contributed by atoms with Gasteiger partial charge >= 0.3 is 0 Å². The third-order valence-corrected chi connectivity index (χ3v) is 6.98. The molecule has 0 spiro atoms. The zero-order valence-electron chi connectivity index (χ0n) is 16.8. The molecule has 6 aromatic rings. The van der Waals surface area contributed by atoms with Crippen LogP contribution in [0.3, 0.4) is 0 Å². The van der Waals surface area contributed by atoms with E-state index in [-0.39, 0.29) is 0 Å². The first kappa shape index (κ1) is 18.1. The van der Waals surface area contributed by atoms with E-state index in [2.05, 4.69) is 96.0 Å². The summed E-state index contributed by atoms with van der Waals surface area (Å²) in [5.41, 5.74) is 7.10. The molecular weight excluding hydrogens is 394 g/mol. The van der Waals surface area contributed by atoms with Crippen LogP contribution in [-0.4, -0.2) is 4.98 Å². The Balaban J connectivity index is 1.40. The molecule has 0 N–H and O–H groups in total. The molecule has 146 valence electrons. The van der Waals surface area contributed by atoms with Gasteiger partial charge in [-0.25, -0.2) is 0 Å². The van der Waals surface area contributed by atoms with Crippen molar-refractivity contribution >= 4 is 31.5 Å². The van der Waals surface area contributed by atoms with Crippen LogP contribution in [0.25, 0.3) is 53.7 Å². The Kier molecular flexibility index (Phi) is 4.37. The van der Waals surface area contributed by atoms with Gasteiger partial charge in [0.15, 0.2) is 0 Å². The maximum Gasteiger partial charge on any atom is 0.0702 e. The summed E-state index contributed by atoms with van der Waals surface area (Å²) >= 11 is 1.88. The highest BCUT2D eigenvalue weighted by Crippen LogP contribution is 2.40. The van der Waals surface area contributed by atoms with Crippen molar-refractivity contribution in [3.63, 3.8) is 0 Å². The van der Waals surface area contributed by atoms with Gasteiger partial charge in [-0.05, 0) is 46.5 Å². The lowest BCUT2D eigenvalue weighted by Gasteiger charge is -2.08. The molecule has 31 heavy (non-hydrogen) atoms. The fraction of sp³-hybridized carbons (Fsp3) is 0. The van der Waals surface area contributed by atoms with Crippen LogP contribution in [0.5, 0.6) is 0 Å². The van der Waals surface area contributed by atoms with Crippen molar-refractivity contribution in [1.82, 2.24) is 4.98 Å². The zero-order valence-corrected chi connectivity index (χ0v) is 17.6. The van der Waals surface area contributed by atoms with Crippen LogP contribution in [-0.2, 0) is 0 Å². The highest BCUT2D eigenvalue weighted by atomic mass is 32.1. The second-order valence-electron chi connectivity index (χ2n) is 7.65. The van der Waals surface area contributed by atoms with Crippen LogP contribution in [0.1, 0.15) is 0 Å². The van der Waals surface area contributed by atoms with E-state index < -0.39 is 0 Å². The molecule has 4 aromatic carbocycles. The van der Waals surface area contributed by atoms with Crippen LogP contribution in [0.4, 0.5) is 0 Å². The first-order valence-electron chi connectivity index (χ1n) is 10.4. The summed E-state index contributed by atoms with van der Waals surface area (Å²) in [6.45, 7) is 0. The van der Waals surface area contributed by atoms with Crippen LogP contribution in [0.15, 0.2) is 115 Å². The molecule has 0 fully saturated rings. The number of benzene rings is 4. The Morgan fingerprint density at radius 3 is 2.13 bits per heavy atom. The SMILES string of the molecule is c1ccc(-c2cccc(-c3ccc(-c4cccc5c4sc4ccccc45)cc3)c2)nc1. The number of thiophene rings is 1. The Bertz CT molecular complexity index is 1510. The average molecular weight is 414 g/mol. The van der Waals surface area contributed by atoms with Crippen molar-refractivity contribution in [2.24, 2.45) is 0 Å². The highest BCUT2D eigenvalue weighted by Gasteiger charge is 2.10. The van der Waals surface area contributed by atoms with Gasteiger partial charge in [-0.1, -0.05) is 84.9 Å². The molecule has 2 heteroatoms. The smallest absolute Gasteiger partial charge is 0.0702 e. The number of hydrogen-bond acceptors (Lipinski definition) is 2. The number of hydrogen-bond donors (Lipinski definition) is 0. The number of pyridine rings is 1. The molecule has 0 atom stereocenters. The quantitative estimate of drug-likeness (QED) is 0.283. The minimum Gasteiger partial charge on any atom is -0.256 e. The molecule has 2 aromatic heterocycles. The molecule has 0 bridgehead atoms. The number of rotatable bonds is 3. The van der Waals surface area contributed by atoms with Gasteiger partial charge in [0, 0.05) is 31.9 Å². The second-order valence-corrected chi connectivity index (χ2v) is 8.71. The van der Waals surface area contributed by atoms with Crippen molar-refractivity contribution < 1.29 is 0 Å². The van der Waals surface area contributed by atoms with Gasteiger partial charge in [0.1, 0.15) is 0 Å². The van der Waals surface area contributed by atoms with Gasteiger partial charge in [-0.3, -0.25) is 4.98 Å². The maximum atomic E-state index is 4.49. The van der Waals surface area contributed by atoms with E-state index >= 15 is 0 Å². The number of nitrogens with zero attached hydrogens (tertiary/aromatic N) is 1. The lowest BCUT2D eigenvalue weighted by Crippen LogP contribution is -1.84. The Morgan fingerprint density at radius 1 is 0.516 bits per heavy atom. The molecule has 0 saturated heterocycles. The summed E-state index contributed by atoms with van der Waals surface area (Å²) in [6.07, 6.45) is 1.84. The molecule has 6 rings (SSSR count). The summed E-state index contributed by atoms with van der Waals surface area (Å²) < 4.78 is 2.70. The summed E-state index contributed by atoms with van der Waals surface area (Å²) in [5, 5.41) is 2.68. The van der Waals surface area contributed by atoms with Crippen molar-refractivity contribution in [3.8, 4) is 33.5 Å². The van der Waals surface area contributed by atoms with Crippen LogP contribution in [0.2, 0.25) is 0 Å². The standard InChI is InChI=1S/C29H19NS/c1-2-13-28-25(9-1)26-11-6-10-24(29(26)31-28)21-16-14-20(15-17-21)22-7-5-8-23(19-22)27-12-3-4-18-30-27/h1-19H. The van der Waals surface area contributed by atoms with Gasteiger partial charge in [0.2, 0.25) is 0 Å². The van der Waals surface area contributed by atoms with Crippen molar-refractivity contribution in [3.05, 3.63) is 115 Å². The zero-order chi connectivity index (χ0) is 20.6. The molecule has 2 heterocycles. The summed E-state index contributed by atoms with van der Waals surface area (Å²) in [6, 6.07) is 38.8. The van der Waals surface area contributed by atoms with E-state index in [1.165, 1.54) is 42.4 Å². The average Bonchev–Trinajstić information content (AvgIpc) is 3.24. The molecule has 0 aliphatic rings. The first-order chi connectivity index (χ1) is 15.4. The minimum absolute atomic E-state index is 0.998. The minimum atomic E-state index is 0.998. The van der Waals surface area contributed by atoms with Crippen LogP contribution in [0, 0.1) is 0 Å². The molecular formula is C29H19NS. The molecule has 1 nitrogen and oxygen atoms in total. The van der Waals surface area contributed by atoms with E-state index in [1.807, 2.05) is 35.7 Å². The van der Waals surface area contributed by atoms with E-state index in [9.17, 15) is 0 Å². The van der Waals surface area contributed by atoms with E-state index in [0.717, 1.165) is 11.3 Å². The molecule has 0 unspecified atom stereocenters. The predicted octanol–water partition coefficient (Wildman–Crippen LogP) is 8.45. The second kappa shape index (κ2) is 7.50. The lowest BCUT2D eigenvalue weighted by molar-refractivity contribution is 1.33. The molecule has 0 aliphatic heterocycles. The maximum absolute atomic E-state index is 4.49. The Labute approximate surface area is 185 Å². The largest absolute Gasteiger partial charge is 0.256 e. The number of aromatic nitrogens is 1. The molecule has 0 radical (unpaired) electrons. The Hall–Kier alpha value is -3.75. The normalized spacial score (nSPS) is 11.2. The number of fused-ring (bicyclic) bond motifs is 3. The predicted molar refractivity (Wildman–Crippen MR) is 133 cm³/mol. The van der Waals surface area contributed by atoms with E-state index in [4.69, 9.17) is 0 Å². The van der Waals surface area contributed by atoms with E-state index in [1.54, 1.807) is 0 Å². The van der Waals surface area contributed by atoms with Gasteiger partial charge in [-0.2, -0.15) is 0 Å². The lowest BCUT2D eigenvalue weighted by atomic mass is 9.97. The first-order valence-corrected chi connectivity index (χ1v) is 11.2. The fourth-order valence-corrected chi connectivity index (χ4v) is 5.45. The topological polar surface area (TPSA) is 12.9 Å². The Morgan fingerprint density at radius 2 is 1.26 bits per heavy atom. The summed E-state index contributed by atoms with van der Waals surface area (Å²) in [7, 11) is 0. The highest BCUT2D eigenvalue weighted by molar-refractivity contribution is 7.26. The van der Waals surface area contributed by atoms with Gasteiger partial charge in [0.05, 0.1) is 5.69 Å². The molecule has 0 amide bonds. The van der Waals surface area contributed by atoms with Crippen LogP contribution < -0.4 is 0 Å². The summed E-state index contributed by atoms with van der Waals surface area (Å²) in [4.78, 5) is 4.49. The van der Waals surface area contributed by atoms with Crippen molar-refractivity contribution in [1.29, 1.82) is 0 Å². The van der Waals surface area contributed by atoms with Gasteiger partial charge in [-0.15, -0.1) is 11.3 Å². The fourth-order valence-electron chi connectivity index (χ4n) is 4.21. The molecule has 0 aliphatic carbocycles.